The van der Waals surface area contributed by atoms with Crippen LogP contribution < -0.4 is 0 Å². The first-order valence-electron chi connectivity index (χ1n) is 6.44. The summed E-state index contributed by atoms with van der Waals surface area (Å²) >= 11 is 0. The van der Waals surface area contributed by atoms with Crippen LogP contribution in [0.4, 0.5) is 0 Å². The van der Waals surface area contributed by atoms with Gasteiger partial charge in [0.25, 0.3) is 0 Å². The number of amides is 1. The third-order valence-electron chi connectivity index (χ3n) is 4.70. The minimum absolute atomic E-state index is 0.00352. The fourth-order valence-corrected chi connectivity index (χ4v) is 2.70. The molecule has 0 heterocycles. The van der Waals surface area contributed by atoms with Gasteiger partial charge in [-0.2, -0.15) is 0 Å². The van der Waals surface area contributed by atoms with Gasteiger partial charge in [-0.1, -0.05) is 27.7 Å². The van der Waals surface area contributed by atoms with E-state index in [4.69, 9.17) is 0 Å². The number of carbonyl (C=O) groups is 2. The first-order chi connectivity index (χ1) is 8.07. The zero-order valence-electron chi connectivity index (χ0n) is 12.5. The molecule has 1 rings (SSSR count). The highest BCUT2D eigenvalue weighted by atomic mass is 16.5. The molecule has 0 saturated heterocycles. The minimum Gasteiger partial charge on any atom is -0.468 e. The topological polar surface area (TPSA) is 46.6 Å². The van der Waals surface area contributed by atoms with Crippen LogP contribution in [0.5, 0.6) is 0 Å². The van der Waals surface area contributed by atoms with Gasteiger partial charge in [-0.25, -0.2) is 0 Å². The summed E-state index contributed by atoms with van der Waals surface area (Å²) in [5.41, 5.74) is -0.0132. The maximum Gasteiger partial charge on any atom is 0.325 e. The Morgan fingerprint density at radius 2 is 1.61 bits per heavy atom. The maximum absolute atomic E-state index is 12.5. The van der Waals surface area contributed by atoms with Crippen LogP contribution in [0, 0.1) is 16.7 Å². The zero-order chi connectivity index (χ0) is 14.3. The van der Waals surface area contributed by atoms with E-state index in [0.29, 0.717) is 0 Å². The third kappa shape index (κ3) is 2.25. The molecular weight excluding hydrogens is 230 g/mol. The number of carbonyl (C=O) groups excluding carboxylic acids is 2. The van der Waals surface area contributed by atoms with Gasteiger partial charge >= 0.3 is 5.97 Å². The van der Waals surface area contributed by atoms with E-state index in [1.807, 2.05) is 13.8 Å². The van der Waals surface area contributed by atoms with Crippen molar-refractivity contribution in [2.75, 3.05) is 13.7 Å². The van der Waals surface area contributed by atoms with E-state index in [1.54, 1.807) is 4.90 Å². The van der Waals surface area contributed by atoms with Crippen molar-refractivity contribution >= 4 is 11.9 Å². The lowest BCUT2D eigenvalue weighted by molar-refractivity contribution is -0.149. The minimum atomic E-state index is -0.367. The summed E-state index contributed by atoms with van der Waals surface area (Å²) in [4.78, 5) is 25.5. The van der Waals surface area contributed by atoms with Crippen LogP contribution in [-0.4, -0.2) is 36.5 Å². The fourth-order valence-electron chi connectivity index (χ4n) is 2.70. The van der Waals surface area contributed by atoms with E-state index in [-0.39, 0.29) is 41.2 Å². The Bertz CT molecular complexity index is 344. The Morgan fingerprint density at radius 3 is 1.89 bits per heavy atom. The van der Waals surface area contributed by atoms with Crippen molar-refractivity contribution in [3.05, 3.63) is 0 Å². The summed E-state index contributed by atoms with van der Waals surface area (Å²) in [6.45, 7) is 12.3. The van der Waals surface area contributed by atoms with E-state index in [0.717, 1.165) is 0 Å². The summed E-state index contributed by atoms with van der Waals surface area (Å²) in [5, 5.41) is 0. The van der Waals surface area contributed by atoms with Crippen LogP contribution in [0.2, 0.25) is 0 Å². The van der Waals surface area contributed by atoms with Gasteiger partial charge < -0.3 is 9.64 Å². The summed E-state index contributed by atoms with van der Waals surface area (Å²) in [7, 11) is 1.34. The van der Waals surface area contributed by atoms with Gasteiger partial charge in [0.1, 0.15) is 6.54 Å². The largest absolute Gasteiger partial charge is 0.468 e. The summed E-state index contributed by atoms with van der Waals surface area (Å²) in [5.74, 6) is -0.323. The standard InChI is InChI=1S/C14H25NO3/c1-9(2)15(8-10(16)18-7)12(17)11-13(3,4)14(11,5)6/h9,11H,8H2,1-7H3. The molecule has 1 amide bonds. The molecule has 0 radical (unpaired) electrons. The smallest absolute Gasteiger partial charge is 0.325 e. The lowest BCUT2D eigenvalue weighted by atomic mass is 10.0. The van der Waals surface area contributed by atoms with Gasteiger partial charge in [0, 0.05) is 12.0 Å². The maximum atomic E-state index is 12.5. The molecule has 0 unspecified atom stereocenters. The summed E-state index contributed by atoms with van der Waals surface area (Å²) in [6.07, 6.45) is 0. The molecule has 18 heavy (non-hydrogen) atoms. The Morgan fingerprint density at radius 1 is 1.17 bits per heavy atom. The molecule has 0 aromatic rings. The number of hydrogen-bond donors (Lipinski definition) is 0. The molecule has 1 aliphatic carbocycles. The molecule has 4 heteroatoms. The molecule has 1 saturated carbocycles. The third-order valence-corrected chi connectivity index (χ3v) is 4.70. The van der Waals surface area contributed by atoms with E-state index < -0.39 is 0 Å². The van der Waals surface area contributed by atoms with Gasteiger partial charge in [-0.05, 0) is 24.7 Å². The van der Waals surface area contributed by atoms with Crippen molar-refractivity contribution in [1.29, 1.82) is 0 Å². The normalized spacial score (nSPS) is 20.7. The van der Waals surface area contributed by atoms with Crippen molar-refractivity contribution in [2.24, 2.45) is 16.7 Å². The monoisotopic (exact) mass is 255 g/mol. The number of esters is 1. The molecule has 4 nitrogen and oxygen atoms in total. The number of rotatable bonds is 4. The predicted octanol–water partition coefficient (Wildman–Crippen LogP) is 2.08. The van der Waals surface area contributed by atoms with E-state index in [1.165, 1.54) is 7.11 Å². The van der Waals surface area contributed by atoms with Gasteiger partial charge in [0.15, 0.2) is 0 Å². The summed E-state index contributed by atoms with van der Waals surface area (Å²) < 4.78 is 4.65. The SMILES string of the molecule is COC(=O)CN(C(=O)C1C(C)(C)C1(C)C)C(C)C. The number of nitrogens with zero attached hydrogens (tertiary/aromatic N) is 1. The van der Waals surface area contributed by atoms with E-state index >= 15 is 0 Å². The number of ether oxygens (including phenoxy) is 1. The molecular formula is C14H25NO3. The highest BCUT2D eigenvalue weighted by Gasteiger charge is 2.69. The predicted molar refractivity (Wildman–Crippen MR) is 69.9 cm³/mol. The Balaban J connectivity index is 2.84. The zero-order valence-corrected chi connectivity index (χ0v) is 12.5. The molecule has 1 aliphatic rings. The molecule has 0 aromatic heterocycles. The first-order valence-corrected chi connectivity index (χ1v) is 6.44. The van der Waals surface area contributed by atoms with Crippen molar-refractivity contribution in [1.82, 2.24) is 4.90 Å². The highest BCUT2D eigenvalue weighted by Crippen LogP contribution is 2.68. The van der Waals surface area contributed by atoms with Crippen LogP contribution in [0.25, 0.3) is 0 Å². The molecule has 104 valence electrons. The molecule has 0 N–H and O–H groups in total. The van der Waals surface area contributed by atoms with Crippen molar-refractivity contribution in [2.45, 2.75) is 47.6 Å². The van der Waals surface area contributed by atoms with Crippen LogP contribution >= 0.6 is 0 Å². The van der Waals surface area contributed by atoms with Gasteiger partial charge in [0.05, 0.1) is 7.11 Å². The summed E-state index contributed by atoms with van der Waals surface area (Å²) in [6, 6.07) is 0.00352. The Kier molecular flexibility index (Phi) is 3.80. The van der Waals surface area contributed by atoms with E-state index in [9.17, 15) is 9.59 Å². The molecule has 0 bridgehead atoms. The quantitative estimate of drug-likeness (QED) is 0.723. The van der Waals surface area contributed by atoms with Gasteiger partial charge in [0.2, 0.25) is 5.91 Å². The van der Waals surface area contributed by atoms with Crippen LogP contribution in [-0.2, 0) is 14.3 Å². The average molecular weight is 255 g/mol. The second-order valence-electron chi connectivity index (χ2n) is 6.51. The van der Waals surface area contributed by atoms with Crippen molar-refractivity contribution in [3.63, 3.8) is 0 Å². The van der Waals surface area contributed by atoms with Crippen molar-refractivity contribution < 1.29 is 14.3 Å². The number of methoxy groups -OCH3 is 1. The number of hydrogen-bond acceptors (Lipinski definition) is 3. The molecule has 0 spiro atoms. The Hall–Kier alpha value is -1.06. The highest BCUT2D eigenvalue weighted by molar-refractivity contribution is 5.87. The fraction of sp³-hybridized carbons (Fsp3) is 0.857. The van der Waals surface area contributed by atoms with Crippen LogP contribution in [0.1, 0.15) is 41.5 Å². The molecule has 0 aliphatic heterocycles. The molecule has 1 fully saturated rings. The molecule has 0 atom stereocenters. The van der Waals surface area contributed by atoms with Crippen LogP contribution in [0.15, 0.2) is 0 Å². The molecule has 0 aromatic carbocycles. The van der Waals surface area contributed by atoms with E-state index in [2.05, 4.69) is 32.4 Å². The van der Waals surface area contributed by atoms with Crippen molar-refractivity contribution in [3.8, 4) is 0 Å². The van der Waals surface area contributed by atoms with Gasteiger partial charge in [-0.15, -0.1) is 0 Å². The first kappa shape index (κ1) is 15.0. The van der Waals surface area contributed by atoms with Crippen LogP contribution in [0.3, 0.4) is 0 Å². The lowest BCUT2D eigenvalue weighted by Gasteiger charge is -2.26. The second-order valence-corrected chi connectivity index (χ2v) is 6.51. The lowest BCUT2D eigenvalue weighted by Crippen LogP contribution is -2.42. The van der Waals surface area contributed by atoms with Gasteiger partial charge in [-0.3, -0.25) is 9.59 Å². The Labute approximate surface area is 110 Å². The second kappa shape index (κ2) is 4.56. The average Bonchev–Trinajstić information content (AvgIpc) is 2.64.